The number of carbonyl (C=O) groups excluding carboxylic acids is 1. The van der Waals surface area contributed by atoms with E-state index in [2.05, 4.69) is 15.4 Å². The van der Waals surface area contributed by atoms with Crippen LogP contribution >= 0.6 is 12.2 Å². The van der Waals surface area contributed by atoms with Crippen molar-refractivity contribution < 1.29 is 31.8 Å². The van der Waals surface area contributed by atoms with Crippen LogP contribution in [0.3, 0.4) is 0 Å². The fourth-order valence-electron chi connectivity index (χ4n) is 3.45. The van der Waals surface area contributed by atoms with Crippen molar-refractivity contribution in [2.75, 3.05) is 34.4 Å². The van der Waals surface area contributed by atoms with Gasteiger partial charge in [-0.3, -0.25) is 9.52 Å². The molecule has 3 N–H and O–H groups in total. The minimum atomic E-state index is -4.04. The highest BCUT2D eigenvalue weighted by Gasteiger charge is 2.29. The number of rotatable bonds is 7. The molecule has 12 heteroatoms. The third-order valence-electron chi connectivity index (χ3n) is 5.12. The summed E-state index contributed by atoms with van der Waals surface area (Å²) >= 11 is 4.92. The zero-order valence-electron chi connectivity index (χ0n) is 18.2. The molecule has 0 saturated carbocycles. The van der Waals surface area contributed by atoms with Gasteiger partial charge in [0.05, 0.1) is 26.4 Å². The van der Waals surface area contributed by atoms with Crippen LogP contribution in [0.25, 0.3) is 0 Å². The smallest absolute Gasteiger partial charge is 0.267 e. The van der Waals surface area contributed by atoms with Crippen molar-refractivity contribution in [1.82, 2.24) is 15.4 Å². The highest BCUT2D eigenvalue weighted by atomic mass is 32.2. The number of hydrogen-bond acceptors (Lipinski definition) is 7. The van der Waals surface area contributed by atoms with Crippen molar-refractivity contribution in [3.05, 3.63) is 47.3 Å². The quantitative estimate of drug-likeness (QED) is 0.497. The largest absolute Gasteiger partial charge is 0.496 e. The number of hydrogen-bond donors (Lipinski definition) is 3. The summed E-state index contributed by atoms with van der Waals surface area (Å²) in [5, 5.41) is 5.25. The predicted molar refractivity (Wildman–Crippen MR) is 123 cm³/mol. The third-order valence-corrected chi connectivity index (χ3v) is 6.92. The first-order valence-corrected chi connectivity index (χ1v) is 11.8. The standard InChI is InChI=1S/C21H24FN3O6S2/c1-23-21(32)25-33(27,28)19-9-14-12(6-7-31-17(14)10-18(19)30-3)11-24-20(26)15-8-13(22)4-5-16(15)29-2/h4-5,8-10,12H,6-7,11H2,1-3H3,(H,24,26)(H2,23,25,32). The molecule has 178 valence electrons. The molecule has 0 spiro atoms. The SMILES string of the molecule is CNC(=S)NS(=O)(=O)c1cc2c(cc1OC)OCCC2CNC(=O)c1cc(F)ccc1OC. The van der Waals surface area contributed by atoms with Gasteiger partial charge >= 0.3 is 0 Å². The van der Waals surface area contributed by atoms with E-state index in [1.165, 1.54) is 45.5 Å². The summed E-state index contributed by atoms with van der Waals surface area (Å²) in [5.41, 5.74) is 0.650. The topological polar surface area (TPSA) is 115 Å². The zero-order valence-corrected chi connectivity index (χ0v) is 19.9. The summed E-state index contributed by atoms with van der Waals surface area (Å²) in [7, 11) is 0.198. The number of sulfonamides is 1. The molecule has 0 bridgehead atoms. The van der Waals surface area contributed by atoms with Gasteiger partial charge in [-0.2, -0.15) is 0 Å². The van der Waals surface area contributed by atoms with Crippen LogP contribution in [0, 0.1) is 5.82 Å². The lowest BCUT2D eigenvalue weighted by Crippen LogP contribution is -2.37. The molecular formula is C21H24FN3O6S2. The van der Waals surface area contributed by atoms with Gasteiger partial charge in [0, 0.05) is 31.1 Å². The highest BCUT2D eigenvalue weighted by molar-refractivity contribution is 7.92. The summed E-state index contributed by atoms with van der Waals surface area (Å²) in [6.07, 6.45) is 0.530. The Morgan fingerprint density at radius 3 is 2.61 bits per heavy atom. The molecular weight excluding hydrogens is 473 g/mol. The van der Waals surface area contributed by atoms with E-state index in [1.807, 2.05) is 0 Å². The van der Waals surface area contributed by atoms with Gasteiger partial charge in [0.25, 0.3) is 15.9 Å². The molecule has 1 amide bonds. The van der Waals surface area contributed by atoms with Gasteiger partial charge in [0.15, 0.2) is 5.11 Å². The predicted octanol–water partition coefficient (Wildman–Crippen LogP) is 1.92. The van der Waals surface area contributed by atoms with Crippen molar-refractivity contribution in [2.45, 2.75) is 17.2 Å². The molecule has 1 aliphatic heterocycles. The fraction of sp³-hybridized carbons (Fsp3) is 0.333. The lowest BCUT2D eigenvalue weighted by atomic mass is 9.92. The number of ether oxygens (including phenoxy) is 3. The number of nitrogens with one attached hydrogen (secondary N) is 3. The van der Waals surface area contributed by atoms with Crippen molar-refractivity contribution in [3.63, 3.8) is 0 Å². The van der Waals surface area contributed by atoms with E-state index in [4.69, 9.17) is 26.4 Å². The highest BCUT2D eigenvalue weighted by Crippen LogP contribution is 2.39. The van der Waals surface area contributed by atoms with Crippen LogP contribution < -0.4 is 29.6 Å². The van der Waals surface area contributed by atoms with E-state index >= 15 is 0 Å². The second-order valence-electron chi connectivity index (χ2n) is 7.11. The van der Waals surface area contributed by atoms with E-state index in [1.54, 1.807) is 0 Å². The maximum Gasteiger partial charge on any atom is 0.267 e. The van der Waals surface area contributed by atoms with Crippen LogP contribution in [0.5, 0.6) is 17.2 Å². The summed E-state index contributed by atoms with van der Waals surface area (Å²) in [6, 6.07) is 6.62. The maximum absolute atomic E-state index is 13.6. The number of amides is 1. The Hall–Kier alpha value is -3.12. The molecule has 2 aromatic carbocycles. The van der Waals surface area contributed by atoms with E-state index in [0.717, 1.165) is 6.07 Å². The number of benzene rings is 2. The molecule has 0 aromatic heterocycles. The van der Waals surface area contributed by atoms with Gasteiger partial charge in [-0.1, -0.05) is 0 Å². The van der Waals surface area contributed by atoms with Gasteiger partial charge < -0.3 is 24.8 Å². The monoisotopic (exact) mass is 497 g/mol. The normalized spacial score (nSPS) is 15.0. The summed E-state index contributed by atoms with van der Waals surface area (Å²) in [5.74, 6) is -0.544. The average Bonchev–Trinajstić information content (AvgIpc) is 2.81. The van der Waals surface area contributed by atoms with E-state index < -0.39 is 21.7 Å². The fourth-order valence-corrected chi connectivity index (χ4v) is 4.92. The molecule has 1 aliphatic rings. The Morgan fingerprint density at radius 1 is 1.21 bits per heavy atom. The molecule has 1 unspecified atom stereocenters. The first-order chi connectivity index (χ1) is 15.7. The van der Waals surface area contributed by atoms with Crippen molar-refractivity contribution in [2.24, 2.45) is 0 Å². The van der Waals surface area contributed by atoms with Crippen molar-refractivity contribution >= 4 is 33.3 Å². The van der Waals surface area contributed by atoms with Crippen molar-refractivity contribution in [3.8, 4) is 17.2 Å². The number of thiocarbonyl (C=S) groups is 1. The first-order valence-electron chi connectivity index (χ1n) is 9.91. The molecule has 0 saturated heterocycles. The second kappa shape index (κ2) is 10.2. The minimum Gasteiger partial charge on any atom is -0.496 e. The van der Waals surface area contributed by atoms with Crippen LogP contribution in [0.15, 0.2) is 35.2 Å². The molecule has 3 rings (SSSR count). The Bertz CT molecular complexity index is 1170. The van der Waals surface area contributed by atoms with Crippen molar-refractivity contribution in [1.29, 1.82) is 0 Å². The van der Waals surface area contributed by atoms with E-state index in [9.17, 15) is 17.6 Å². The number of methoxy groups -OCH3 is 2. The molecule has 2 aromatic rings. The van der Waals surface area contributed by atoms with Gasteiger partial charge in [0.1, 0.15) is 28.0 Å². The molecule has 0 fully saturated rings. The number of carbonyl (C=O) groups is 1. The van der Waals surface area contributed by atoms with Gasteiger partial charge in [-0.25, -0.2) is 12.8 Å². The van der Waals surface area contributed by atoms with E-state index in [-0.39, 0.29) is 39.5 Å². The summed E-state index contributed by atoms with van der Waals surface area (Å²) in [6.45, 7) is 0.539. The number of halogens is 1. The molecule has 0 aliphatic carbocycles. The Morgan fingerprint density at radius 2 is 1.94 bits per heavy atom. The van der Waals surface area contributed by atoms with Crippen LogP contribution in [-0.4, -0.2) is 53.9 Å². The average molecular weight is 498 g/mol. The second-order valence-corrected chi connectivity index (χ2v) is 9.17. The minimum absolute atomic E-state index is 0.0626. The van der Waals surface area contributed by atoms with Crippen LogP contribution in [0.4, 0.5) is 4.39 Å². The Kier molecular flexibility index (Phi) is 7.59. The van der Waals surface area contributed by atoms with Gasteiger partial charge in [-0.15, -0.1) is 0 Å². The van der Waals surface area contributed by atoms with Gasteiger partial charge in [0.2, 0.25) is 0 Å². The molecule has 1 heterocycles. The van der Waals surface area contributed by atoms with Crippen LogP contribution in [-0.2, 0) is 10.0 Å². The van der Waals surface area contributed by atoms with Gasteiger partial charge in [-0.05, 0) is 42.9 Å². The summed E-state index contributed by atoms with van der Waals surface area (Å²) < 4.78 is 57.7. The first kappa shape index (κ1) is 24.5. The van der Waals surface area contributed by atoms with E-state index in [0.29, 0.717) is 24.3 Å². The molecule has 1 atom stereocenters. The zero-order chi connectivity index (χ0) is 24.2. The number of fused-ring (bicyclic) bond motifs is 1. The Labute approximate surface area is 196 Å². The molecule has 9 nitrogen and oxygen atoms in total. The summed E-state index contributed by atoms with van der Waals surface area (Å²) in [4.78, 5) is 12.6. The Balaban J connectivity index is 1.89. The lowest BCUT2D eigenvalue weighted by molar-refractivity contribution is 0.0944. The van der Waals surface area contributed by atoms with Crippen LogP contribution in [0.2, 0.25) is 0 Å². The maximum atomic E-state index is 13.6. The molecule has 0 radical (unpaired) electrons. The lowest BCUT2D eigenvalue weighted by Gasteiger charge is -2.27. The van der Waals surface area contributed by atoms with Crippen LogP contribution in [0.1, 0.15) is 28.3 Å². The third kappa shape index (κ3) is 5.45. The molecule has 33 heavy (non-hydrogen) atoms.